The maximum atomic E-state index is 2.40. The minimum atomic E-state index is 0. The monoisotopic (exact) mass is 266 g/mol. The topological polar surface area (TPSA) is 0 Å². The van der Waals surface area contributed by atoms with Gasteiger partial charge in [0.1, 0.15) is 0 Å². The van der Waals surface area contributed by atoms with Gasteiger partial charge in [-0.3, -0.25) is 0 Å². The van der Waals surface area contributed by atoms with E-state index in [2.05, 4.69) is 30.3 Å². The van der Waals surface area contributed by atoms with E-state index in [-0.39, 0.29) is 17.1 Å². The van der Waals surface area contributed by atoms with E-state index in [0.717, 1.165) is 0 Å². The fourth-order valence-electron chi connectivity index (χ4n) is 2.01. The smallest absolute Gasteiger partial charge is 0 e. The van der Waals surface area contributed by atoms with Crippen LogP contribution >= 0.6 is 0 Å². The minimum absolute atomic E-state index is 0. The van der Waals surface area contributed by atoms with E-state index in [1.807, 2.05) is 30.3 Å². The van der Waals surface area contributed by atoms with Crippen LogP contribution in [0.2, 0.25) is 0 Å². The van der Waals surface area contributed by atoms with Crippen LogP contribution in [0.5, 0.6) is 0 Å². The first-order valence-corrected chi connectivity index (χ1v) is 6.00. The largest absolute Gasteiger partial charge is 0.748 e. The van der Waals surface area contributed by atoms with E-state index in [0.29, 0.717) is 0 Å². The molecule has 0 aliphatic heterocycles. The fraction of sp³-hybridized carbons (Fsp3) is 0.250. The van der Waals surface area contributed by atoms with Gasteiger partial charge in [0.25, 0.3) is 0 Å². The number of hydrogen-bond donors (Lipinski definition) is 0. The van der Waals surface area contributed by atoms with Crippen molar-refractivity contribution in [3.63, 3.8) is 0 Å². The van der Waals surface area contributed by atoms with Gasteiger partial charge in [0.05, 0.1) is 0 Å². The van der Waals surface area contributed by atoms with Crippen LogP contribution < -0.4 is 0 Å². The van der Waals surface area contributed by atoms with Gasteiger partial charge in [0.2, 0.25) is 0 Å². The van der Waals surface area contributed by atoms with Gasteiger partial charge >= 0.3 is 0 Å². The van der Waals surface area contributed by atoms with Gasteiger partial charge in [-0.2, -0.15) is 17.7 Å². The van der Waals surface area contributed by atoms with E-state index in [4.69, 9.17) is 0 Å². The summed E-state index contributed by atoms with van der Waals surface area (Å²) in [6.45, 7) is 0. The van der Waals surface area contributed by atoms with Crippen molar-refractivity contribution in [2.45, 2.75) is 25.7 Å². The molecule has 1 heteroatoms. The second kappa shape index (κ2) is 8.11. The Hall–Kier alpha value is -1.04. The molecule has 0 nitrogen and oxygen atoms in total. The Morgan fingerprint density at radius 3 is 2.06 bits per heavy atom. The molecule has 0 spiro atoms. The first kappa shape index (κ1) is 14.0. The van der Waals surface area contributed by atoms with Crippen LogP contribution in [0.4, 0.5) is 0 Å². The molecule has 2 aromatic rings. The number of allylic oxidation sites excluding steroid dienone is 2. The Morgan fingerprint density at radius 1 is 1.00 bits per heavy atom. The van der Waals surface area contributed by atoms with Gasteiger partial charge in [-0.1, -0.05) is 18.1 Å². The van der Waals surface area contributed by atoms with Crippen LogP contribution in [-0.4, -0.2) is 0 Å². The van der Waals surface area contributed by atoms with Crippen molar-refractivity contribution in [2.24, 2.45) is 0 Å². The van der Waals surface area contributed by atoms with Gasteiger partial charge in [0, 0.05) is 17.1 Å². The Morgan fingerprint density at radius 2 is 1.59 bits per heavy atom. The average molecular weight is 266 g/mol. The molecule has 0 saturated heterocycles. The Balaban J connectivity index is 0.000000205. The molecular weight excluding hydrogens is 248 g/mol. The number of hydrogen-bond acceptors (Lipinski definition) is 0. The van der Waals surface area contributed by atoms with E-state index in [9.17, 15) is 0 Å². The third kappa shape index (κ3) is 5.21. The van der Waals surface area contributed by atoms with Crippen molar-refractivity contribution in [1.29, 1.82) is 0 Å². The zero-order valence-electron chi connectivity index (χ0n) is 9.96. The molecule has 0 heterocycles. The summed E-state index contributed by atoms with van der Waals surface area (Å²) >= 11 is 0. The summed E-state index contributed by atoms with van der Waals surface area (Å²) in [4.78, 5) is 0. The predicted molar refractivity (Wildman–Crippen MR) is 69.7 cm³/mol. The Bertz CT molecular complexity index is 375. The molecule has 0 radical (unpaired) electrons. The molecule has 0 fully saturated rings. The van der Waals surface area contributed by atoms with Gasteiger partial charge < -0.3 is 30.3 Å². The zero-order chi connectivity index (χ0) is 11.1. The molecule has 0 aromatic heterocycles. The summed E-state index contributed by atoms with van der Waals surface area (Å²) in [5, 5.41) is 0. The Kier molecular flexibility index (Phi) is 6.69. The van der Waals surface area contributed by atoms with Crippen molar-refractivity contribution < 1.29 is 17.1 Å². The molecular formula is C16H18Fe-6. The molecule has 1 aliphatic rings. The average Bonchev–Trinajstić information content (AvgIpc) is 3.05. The van der Waals surface area contributed by atoms with Crippen LogP contribution in [0.1, 0.15) is 24.8 Å². The first-order valence-electron chi connectivity index (χ1n) is 6.00. The zero-order valence-corrected chi connectivity index (χ0v) is 11.1. The molecule has 0 saturated carbocycles. The molecule has 2 aromatic carbocycles. The molecule has 0 amide bonds. The number of rotatable bonds is 2. The minimum Gasteiger partial charge on any atom is -0.748 e. The SMILES string of the molecule is C1=C(C[c-]2cccc2)CCC1.[Fe].[cH-]1[cH-][cH-][cH-][cH-]1. The van der Waals surface area contributed by atoms with Crippen molar-refractivity contribution >= 4 is 0 Å². The van der Waals surface area contributed by atoms with Crippen molar-refractivity contribution in [3.05, 3.63) is 71.8 Å². The summed E-state index contributed by atoms with van der Waals surface area (Å²) in [6, 6.07) is 18.6. The van der Waals surface area contributed by atoms with Crippen LogP contribution in [0, 0.1) is 0 Å². The van der Waals surface area contributed by atoms with Crippen molar-refractivity contribution in [2.75, 3.05) is 0 Å². The van der Waals surface area contributed by atoms with Crippen LogP contribution in [-0.2, 0) is 23.5 Å². The molecule has 1 aliphatic carbocycles. The van der Waals surface area contributed by atoms with Crippen LogP contribution in [0.3, 0.4) is 0 Å². The Labute approximate surface area is 115 Å². The van der Waals surface area contributed by atoms with Crippen LogP contribution in [0.25, 0.3) is 0 Å². The summed E-state index contributed by atoms with van der Waals surface area (Å²) < 4.78 is 0. The van der Waals surface area contributed by atoms with Gasteiger partial charge in [0.15, 0.2) is 0 Å². The summed E-state index contributed by atoms with van der Waals surface area (Å²) in [6.07, 6.45) is 7.58. The van der Waals surface area contributed by atoms with Crippen LogP contribution in [0.15, 0.2) is 66.2 Å². The van der Waals surface area contributed by atoms with Gasteiger partial charge in [-0.05, 0) is 19.3 Å². The van der Waals surface area contributed by atoms with Gasteiger partial charge in [-0.25, -0.2) is 12.1 Å². The van der Waals surface area contributed by atoms with E-state index < -0.39 is 0 Å². The molecule has 0 bridgehead atoms. The third-order valence-corrected chi connectivity index (χ3v) is 2.85. The third-order valence-electron chi connectivity index (χ3n) is 2.85. The van der Waals surface area contributed by atoms with E-state index in [1.54, 1.807) is 5.57 Å². The summed E-state index contributed by atoms with van der Waals surface area (Å²) in [7, 11) is 0. The first-order chi connectivity index (χ1) is 7.95. The standard InChI is InChI=1S/C11H13.C5H5.Fe/c1-2-6-10(5-1)9-11-7-3-4-8-11;1-2-4-5-3-1;/h1-2,5-7H,3-4,8-9H2;1-5H;/q-1;-5;. The molecule has 17 heavy (non-hydrogen) atoms. The molecule has 0 N–H and O–H groups in total. The molecule has 0 atom stereocenters. The molecule has 3 rings (SSSR count). The van der Waals surface area contributed by atoms with Gasteiger partial charge in [-0.15, -0.1) is 0 Å². The fourth-order valence-corrected chi connectivity index (χ4v) is 2.01. The maximum absolute atomic E-state index is 2.40. The van der Waals surface area contributed by atoms with Crippen molar-refractivity contribution in [1.82, 2.24) is 0 Å². The second-order valence-corrected chi connectivity index (χ2v) is 4.19. The van der Waals surface area contributed by atoms with E-state index >= 15 is 0 Å². The predicted octanol–water partition coefficient (Wildman–Crippen LogP) is 4.46. The molecule has 96 valence electrons. The quantitative estimate of drug-likeness (QED) is 0.427. The van der Waals surface area contributed by atoms with Crippen molar-refractivity contribution in [3.8, 4) is 0 Å². The summed E-state index contributed by atoms with van der Waals surface area (Å²) in [5.41, 5.74) is 3.11. The molecule has 0 unspecified atom stereocenters. The normalized spacial score (nSPS) is 13.3. The maximum Gasteiger partial charge on any atom is 0 e. The van der Waals surface area contributed by atoms with E-state index in [1.165, 1.54) is 31.2 Å². The second-order valence-electron chi connectivity index (χ2n) is 4.19. The summed E-state index contributed by atoms with van der Waals surface area (Å²) in [5.74, 6) is 0.